The van der Waals surface area contributed by atoms with Crippen molar-refractivity contribution in [2.24, 2.45) is 0 Å². The van der Waals surface area contributed by atoms with Crippen LogP contribution in [0.5, 0.6) is 0 Å². The largest absolute Gasteiger partial charge is 0.491 e. The Bertz CT molecular complexity index is 104. The molecule has 0 aliphatic heterocycles. The van der Waals surface area contributed by atoms with Crippen LogP contribution in [0, 0.1) is 0 Å². The van der Waals surface area contributed by atoms with Gasteiger partial charge in [0.05, 0.1) is 6.61 Å². The van der Waals surface area contributed by atoms with Gasteiger partial charge < -0.3 is 4.74 Å². The van der Waals surface area contributed by atoms with Gasteiger partial charge in [-0.25, -0.2) is 0 Å². The fourth-order valence-electron chi connectivity index (χ4n) is 0.265. The summed E-state index contributed by atoms with van der Waals surface area (Å²) in [5.74, 6) is 0. The highest BCUT2D eigenvalue weighted by Gasteiger charge is 2.04. The van der Waals surface area contributed by atoms with Gasteiger partial charge in [-0.3, -0.25) is 0 Å². The van der Waals surface area contributed by atoms with Gasteiger partial charge in [-0.1, -0.05) is 15.9 Å². The third kappa shape index (κ3) is 4.77. The average molecular weight is 341 g/mol. The molecule has 1 nitrogen and oxygen atoms in total. The highest BCUT2D eigenvalue weighted by molar-refractivity contribution is 9.70. The van der Waals surface area contributed by atoms with E-state index >= 15 is 0 Å². The van der Waals surface area contributed by atoms with E-state index in [1.807, 2.05) is 6.92 Å². The van der Waals surface area contributed by atoms with E-state index in [0.717, 1.165) is 5.50 Å². The quantitative estimate of drug-likeness (QED) is 0.549. The summed E-state index contributed by atoms with van der Waals surface area (Å²) in [6.07, 6.45) is 0. The lowest BCUT2D eigenvalue weighted by molar-refractivity contribution is 0.258. The number of hydrogen-bond acceptors (Lipinski definition) is 1. The summed E-state index contributed by atoms with van der Waals surface area (Å²) in [5.41, 5.74) is 0.910. The van der Waals surface area contributed by atoms with Crippen molar-refractivity contribution in [2.45, 2.75) is 6.92 Å². The summed E-state index contributed by atoms with van der Waals surface area (Å²) < 4.78 is 5.20. The lowest BCUT2D eigenvalue weighted by atomic mass is 10.9. The standard InChI is InChI=1S/C4H6Br3OP/c1-2-8-4(3-5)9(6)7/h3H,2H2,1H3/b4-3+. The summed E-state index contributed by atoms with van der Waals surface area (Å²) in [6.45, 7) is 2.66. The molecule has 54 valence electrons. The molecule has 0 saturated carbocycles. The van der Waals surface area contributed by atoms with Crippen molar-refractivity contribution < 1.29 is 4.74 Å². The molecule has 0 heterocycles. The predicted octanol–water partition coefficient (Wildman–Crippen LogP) is 4.32. The van der Waals surface area contributed by atoms with Crippen molar-refractivity contribution in [3.8, 4) is 0 Å². The van der Waals surface area contributed by atoms with Crippen molar-refractivity contribution >= 4 is 52.2 Å². The number of halogens is 3. The van der Waals surface area contributed by atoms with E-state index in [4.69, 9.17) is 4.74 Å². The van der Waals surface area contributed by atoms with Gasteiger partial charge in [0.2, 0.25) is 0 Å². The van der Waals surface area contributed by atoms with E-state index in [2.05, 4.69) is 46.9 Å². The maximum atomic E-state index is 5.20. The van der Waals surface area contributed by atoms with Gasteiger partial charge in [0.25, 0.3) is 0 Å². The van der Waals surface area contributed by atoms with Gasteiger partial charge >= 0.3 is 0 Å². The van der Waals surface area contributed by atoms with E-state index in [1.165, 1.54) is 0 Å². The van der Waals surface area contributed by atoms with Crippen LogP contribution in [0.4, 0.5) is 0 Å². The zero-order chi connectivity index (χ0) is 7.28. The first-order chi connectivity index (χ1) is 4.22. The summed E-state index contributed by atoms with van der Waals surface area (Å²) in [4.78, 5) is 1.77. The van der Waals surface area contributed by atoms with Gasteiger partial charge in [0, 0.05) is 4.99 Å². The second-order valence-corrected chi connectivity index (χ2v) is 9.59. The number of rotatable bonds is 3. The fraction of sp³-hybridized carbons (Fsp3) is 0.500. The molecule has 0 rings (SSSR count). The van der Waals surface area contributed by atoms with Crippen molar-refractivity contribution in [3.63, 3.8) is 0 Å². The van der Waals surface area contributed by atoms with Gasteiger partial charge in [-0.15, -0.1) is 0 Å². The van der Waals surface area contributed by atoms with Crippen LogP contribution in [0.3, 0.4) is 0 Å². The average Bonchev–Trinajstić information content (AvgIpc) is 1.82. The molecule has 0 spiro atoms. The van der Waals surface area contributed by atoms with Crippen molar-refractivity contribution in [2.75, 3.05) is 6.61 Å². The molecule has 0 aromatic carbocycles. The Morgan fingerprint density at radius 2 is 2.22 bits per heavy atom. The molecule has 0 amide bonds. The first kappa shape index (κ1) is 10.4. The Morgan fingerprint density at radius 1 is 1.67 bits per heavy atom. The molecule has 0 atom stereocenters. The minimum absolute atomic E-state index is 0.453. The smallest absolute Gasteiger partial charge is 0.147 e. The minimum Gasteiger partial charge on any atom is -0.491 e. The summed E-state index contributed by atoms with van der Waals surface area (Å²) >= 11 is 9.91. The van der Waals surface area contributed by atoms with Crippen LogP contribution >= 0.6 is 52.2 Å². The maximum Gasteiger partial charge on any atom is 0.147 e. The fourth-order valence-corrected chi connectivity index (χ4v) is 4.19. The zero-order valence-electron chi connectivity index (χ0n) is 4.77. The first-order valence-electron chi connectivity index (χ1n) is 2.27. The van der Waals surface area contributed by atoms with Crippen LogP contribution in [0.25, 0.3) is 0 Å². The molecule has 0 bridgehead atoms. The van der Waals surface area contributed by atoms with Crippen molar-refractivity contribution in [3.05, 3.63) is 10.5 Å². The molecule has 9 heavy (non-hydrogen) atoms. The third-order valence-electron chi connectivity index (χ3n) is 0.552. The predicted molar refractivity (Wildman–Crippen MR) is 53.4 cm³/mol. The Hall–Kier alpha value is 1.41. The van der Waals surface area contributed by atoms with Crippen molar-refractivity contribution in [1.29, 1.82) is 0 Å². The van der Waals surface area contributed by atoms with Crippen LogP contribution in [0.1, 0.15) is 6.92 Å². The minimum atomic E-state index is -0.453. The van der Waals surface area contributed by atoms with Crippen LogP contribution in [-0.4, -0.2) is 6.61 Å². The van der Waals surface area contributed by atoms with Crippen LogP contribution < -0.4 is 0 Å². The molecule has 0 N–H and O–H groups in total. The summed E-state index contributed by atoms with van der Waals surface area (Å²) in [6, 6.07) is 0. The second kappa shape index (κ2) is 6.14. The van der Waals surface area contributed by atoms with Gasteiger partial charge in [0.15, 0.2) is 0 Å². The monoisotopic (exact) mass is 338 g/mol. The Labute approximate surface area is 80.6 Å². The summed E-state index contributed by atoms with van der Waals surface area (Å²) in [7, 11) is 0. The van der Waals surface area contributed by atoms with Gasteiger partial charge in [-0.2, -0.15) is 0 Å². The molecule has 0 aliphatic rings. The molecule has 0 unspecified atom stereocenters. The third-order valence-corrected chi connectivity index (χ3v) is 4.01. The van der Waals surface area contributed by atoms with Crippen molar-refractivity contribution in [1.82, 2.24) is 0 Å². The highest BCUT2D eigenvalue weighted by atomic mass is 79.9. The lowest BCUT2D eigenvalue weighted by Crippen LogP contribution is -1.83. The molecular formula is C4H6Br3OP. The molecule has 0 aromatic rings. The molecule has 0 radical (unpaired) electrons. The zero-order valence-corrected chi connectivity index (χ0v) is 10.4. The topological polar surface area (TPSA) is 9.23 Å². The number of hydrogen-bond donors (Lipinski definition) is 0. The lowest BCUT2D eigenvalue weighted by Gasteiger charge is -2.06. The van der Waals surface area contributed by atoms with E-state index in [-0.39, 0.29) is 0 Å². The summed E-state index contributed by atoms with van der Waals surface area (Å²) in [5, 5.41) is -0.453. The van der Waals surface area contributed by atoms with E-state index < -0.39 is 5.33 Å². The Morgan fingerprint density at radius 3 is 2.33 bits per heavy atom. The van der Waals surface area contributed by atoms with E-state index in [0.29, 0.717) is 6.61 Å². The van der Waals surface area contributed by atoms with Crippen LogP contribution in [0.15, 0.2) is 10.5 Å². The molecule has 5 heteroatoms. The normalized spacial score (nSPS) is 12.3. The van der Waals surface area contributed by atoms with Gasteiger partial charge in [0.1, 0.15) is 10.8 Å². The molecule has 0 fully saturated rings. The van der Waals surface area contributed by atoms with Gasteiger partial charge in [-0.05, 0) is 37.9 Å². The highest BCUT2D eigenvalue weighted by Crippen LogP contribution is 2.59. The molecular weight excluding hydrogens is 335 g/mol. The molecule has 0 aromatic heterocycles. The first-order valence-corrected chi connectivity index (χ1v) is 8.56. The van der Waals surface area contributed by atoms with Crippen LogP contribution in [-0.2, 0) is 4.74 Å². The Kier molecular flexibility index (Phi) is 7.10. The molecule has 0 aliphatic carbocycles. The second-order valence-electron chi connectivity index (χ2n) is 1.11. The maximum absolute atomic E-state index is 5.20. The SMILES string of the molecule is CCO/C(=C\Br)P(Br)Br. The Balaban J connectivity index is 3.70. The van der Waals surface area contributed by atoms with E-state index in [1.54, 1.807) is 4.99 Å². The molecule has 0 saturated heterocycles. The van der Waals surface area contributed by atoms with E-state index in [9.17, 15) is 0 Å². The number of ether oxygens (including phenoxy) is 1. The van der Waals surface area contributed by atoms with Crippen LogP contribution in [0.2, 0.25) is 0 Å².